The van der Waals surface area contributed by atoms with Crippen LogP contribution in [-0.4, -0.2) is 36.4 Å². The molecule has 1 aromatic heterocycles. The van der Waals surface area contributed by atoms with Crippen molar-refractivity contribution in [1.29, 1.82) is 0 Å². The Bertz CT molecular complexity index is 915. The molecule has 0 unspecified atom stereocenters. The van der Waals surface area contributed by atoms with Crippen molar-refractivity contribution in [2.45, 2.75) is 13.5 Å². The maximum absolute atomic E-state index is 13.1. The van der Waals surface area contributed by atoms with Crippen LogP contribution in [0, 0.1) is 12.7 Å². The minimum Gasteiger partial charge on any atom is -0.506 e. The first-order chi connectivity index (χ1) is 13.1. The van der Waals surface area contributed by atoms with Crippen LogP contribution in [0.1, 0.15) is 11.3 Å². The van der Waals surface area contributed by atoms with E-state index in [-0.39, 0.29) is 5.82 Å². The van der Waals surface area contributed by atoms with E-state index in [4.69, 9.17) is 4.52 Å². The number of quaternary nitrogens is 1. The number of piperazine rings is 1. The zero-order chi connectivity index (χ0) is 18.8. The highest BCUT2D eigenvalue weighted by atomic mass is 19.1. The summed E-state index contributed by atoms with van der Waals surface area (Å²) in [6, 6.07) is 13.8. The van der Waals surface area contributed by atoms with E-state index in [0.29, 0.717) is 11.5 Å². The van der Waals surface area contributed by atoms with Crippen LogP contribution in [0.15, 0.2) is 53.1 Å². The van der Waals surface area contributed by atoms with Crippen LogP contribution in [-0.2, 0) is 6.54 Å². The van der Waals surface area contributed by atoms with Crippen LogP contribution in [0.5, 0.6) is 5.75 Å². The van der Waals surface area contributed by atoms with E-state index in [1.807, 2.05) is 25.1 Å². The van der Waals surface area contributed by atoms with Gasteiger partial charge in [-0.15, -0.1) is 0 Å². The number of hydrogen-bond donors (Lipinski definition) is 2. The number of para-hydroxylation sites is 2. The van der Waals surface area contributed by atoms with Crippen molar-refractivity contribution in [2.75, 3.05) is 31.1 Å². The minimum absolute atomic E-state index is 0.261. The first kappa shape index (κ1) is 17.5. The number of benzene rings is 2. The van der Waals surface area contributed by atoms with Gasteiger partial charge in [-0.2, -0.15) is 0 Å². The van der Waals surface area contributed by atoms with E-state index < -0.39 is 0 Å². The van der Waals surface area contributed by atoms with E-state index in [1.54, 1.807) is 18.2 Å². The predicted molar refractivity (Wildman–Crippen MR) is 101 cm³/mol. The number of aromatic nitrogens is 1. The second-order valence-corrected chi connectivity index (χ2v) is 6.99. The summed E-state index contributed by atoms with van der Waals surface area (Å²) in [7, 11) is 0. The summed E-state index contributed by atoms with van der Waals surface area (Å²) in [6.07, 6.45) is 0. The molecule has 27 heavy (non-hydrogen) atoms. The topological polar surface area (TPSA) is 53.9 Å². The lowest BCUT2D eigenvalue weighted by Crippen LogP contribution is -3.13. The van der Waals surface area contributed by atoms with Gasteiger partial charge in [-0.3, -0.25) is 0 Å². The number of hydrogen-bond acceptors (Lipinski definition) is 4. The molecule has 0 saturated carbocycles. The fourth-order valence-electron chi connectivity index (χ4n) is 3.61. The number of phenolic OH excluding ortho intramolecular Hbond substituents is 1. The summed E-state index contributed by atoms with van der Waals surface area (Å²) in [4.78, 5) is 3.65. The zero-order valence-electron chi connectivity index (χ0n) is 15.3. The van der Waals surface area contributed by atoms with E-state index in [2.05, 4.69) is 10.1 Å². The Labute approximate surface area is 157 Å². The molecular weight excluding hydrogens is 345 g/mol. The molecule has 6 heteroatoms. The monoisotopic (exact) mass is 368 g/mol. The molecule has 1 aliphatic rings. The number of rotatable bonds is 4. The van der Waals surface area contributed by atoms with Gasteiger partial charge >= 0.3 is 0 Å². The van der Waals surface area contributed by atoms with Crippen molar-refractivity contribution >= 4 is 5.69 Å². The van der Waals surface area contributed by atoms with Gasteiger partial charge in [0.15, 0.2) is 5.76 Å². The Morgan fingerprint density at radius 1 is 1.11 bits per heavy atom. The van der Waals surface area contributed by atoms with Crippen molar-refractivity contribution in [2.24, 2.45) is 0 Å². The lowest BCUT2D eigenvalue weighted by molar-refractivity contribution is -0.914. The van der Waals surface area contributed by atoms with Crippen molar-refractivity contribution in [3.63, 3.8) is 0 Å². The first-order valence-electron chi connectivity index (χ1n) is 9.19. The Morgan fingerprint density at radius 2 is 1.81 bits per heavy atom. The second-order valence-electron chi connectivity index (χ2n) is 6.99. The van der Waals surface area contributed by atoms with Gasteiger partial charge in [-0.25, -0.2) is 4.39 Å². The molecule has 140 valence electrons. The smallest absolute Gasteiger partial charge is 0.170 e. The summed E-state index contributed by atoms with van der Waals surface area (Å²) in [6.45, 7) is 6.50. The molecule has 1 saturated heterocycles. The number of nitrogens with zero attached hydrogens (tertiary/aromatic N) is 2. The normalized spacial score (nSPS) is 15.3. The maximum Gasteiger partial charge on any atom is 0.170 e. The largest absolute Gasteiger partial charge is 0.506 e. The van der Waals surface area contributed by atoms with Gasteiger partial charge in [-0.1, -0.05) is 17.3 Å². The molecule has 1 aliphatic heterocycles. The fourth-order valence-corrected chi connectivity index (χ4v) is 3.61. The summed E-state index contributed by atoms with van der Waals surface area (Å²) >= 11 is 0. The molecule has 0 radical (unpaired) electrons. The SMILES string of the molecule is Cc1c(C[NH+]2CCN(c3ccccc3O)CC2)noc1-c1ccc(F)cc1. The van der Waals surface area contributed by atoms with Crippen molar-refractivity contribution < 1.29 is 18.9 Å². The molecule has 5 nitrogen and oxygen atoms in total. The van der Waals surface area contributed by atoms with Gasteiger partial charge in [-0.05, 0) is 43.3 Å². The highest BCUT2D eigenvalue weighted by Crippen LogP contribution is 2.27. The third kappa shape index (κ3) is 3.66. The maximum atomic E-state index is 13.1. The molecule has 2 N–H and O–H groups in total. The molecule has 0 aliphatic carbocycles. The van der Waals surface area contributed by atoms with Gasteiger partial charge < -0.3 is 19.4 Å². The number of anilines is 1. The van der Waals surface area contributed by atoms with Crippen LogP contribution in [0.25, 0.3) is 11.3 Å². The lowest BCUT2D eigenvalue weighted by atomic mass is 10.1. The fraction of sp³-hybridized carbons (Fsp3) is 0.286. The van der Waals surface area contributed by atoms with Crippen LogP contribution in [0.3, 0.4) is 0 Å². The van der Waals surface area contributed by atoms with Gasteiger partial charge in [0.1, 0.15) is 23.8 Å². The van der Waals surface area contributed by atoms with Crippen molar-refractivity contribution in [3.05, 3.63) is 65.6 Å². The van der Waals surface area contributed by atoms with Gasteiger partial charge in [0.2, 0.25) is 0 Å². The quantitative estimate of drug-likeness (QED) is 0.743. The number of halogens is 1. The second kappa shape index (κ2) is 7.40. The highest BCUT2D eigenvalue weighted by molar-refractivity contribution is 5.61. The summed E-state index contributed by atoms with van der Waals surface area (Å²) in [5.74, 6) is 0.775. The zero-order valence-corrected chi connectivity index (χ0v) is 15.3. The molecule has 0 atom stereocenters. The van der Waals surface area contributed by atoms with Crippen molar-refractivity contribution in [1.82, 2.24) is 5.16 Å². The highest BCUT2D eigenvalue weighted by Gasteiger charge is 2.24. The Hall–Kier alpha value is -2.86. The minimum atomic E-state index is -0.261. The lowest BCUT2D eigenvalue weighted by Gasteiger charge is -2.33. The predicted octanol–water partition coefficient (Wildman–Crippen LogP) is 2.40. The van der Waals surface area contributed by atoms with Gasteiger partial charge in [0, 0.05) is 11.1 Å². The standard InChI is InChI=1S/C21H22FN3O2/c1-15-18(23-27-21(15)16-6-8-17(22)9-7-16)14-24-10-12-25(13-11-24)19-4-2-3-5-20(19)26/h2-9,26H,10-14H2,1H3/p+1. The Morgan fingerprint density at radius 3 is 2.52 bits per heavy atom. The molecule has 3 aromatic rings. The first-order valence-corrected chi connectivity index (χ1v) is 9.19. The number of phenols is 1. The third-order valence-electron chi connectivity index (χ3n) is 5.24. The summed E-state index contributed by atoms with van der Waals surface area (Å²) in [5.41, 5.74) is 3.69. The molecule has 0 spiro atoms. The molecular formula is C21H23FN3O2+. The number of nitrogens with one attached hydrogen (secondary N) is 1. The van der Waals surface area contributed by atoms with Crippen LogP contribution in [0.2, 0.25) is 0 Å². The van der Waals surface area contributed by atoms with E-state index in [1.165, 1.54) is 17.0 Å². The summed E-state index contributed by atoms with van der Waals surface area (Å²) in [5, 5.41) is 14.3. The van der Waals surface area contributed by atoms with E-state index in [0.717, 1.165) is 55.2 Å². The Kier molecular flexibility index (Phi) is 4.81. The van der Waals surface area contributed by atoms with Crippen LogP contribution >= 0.6 is 0 Å². The average Bonchev–Trinajstić information content (AvgIpc) is 3.04. The van der Waals surface area contributed by atoms with Gasteiger partial charge in [0.25, 0.3) is 0 Å². The third-order valence-corrected chi connectivity index (χ3v) is 5.24. The van der Waals surface area contributed by atoms with E-state index in [9.17, 15) is 9.50 Å². The van der Waals surface area contributed by atoms with E-state index >= 15 is 0 Å². The molecule has 0 bridgehead atoms. The average molecular weight is 368 g/mol. The molecule has 2 heterocycles. The summed E-state index contributed by atoms with van der Waals surface area (Å²) < 4.78 is 18.7. The molecule has 0 amide bonds. The number of aromatic hydroxyl groups is 1. The molecule has 1 fully saturated rings. The van der Waals surface area contributed by atoms with Crippen LogP contribution in [0.4, 0.5) is 10.1 Å². The molecule has 2 aromatic carbocycles. The Balaban J connectivity index is 1.41. The molecule has 4 rings (SSSR count). The van der Waals surface area contributed by atoms with Gasteiger partial charge in [0.05, 0.1) is 31.9 Å². The van der Waals surface area contributed by atoms with Crippen molar-refractivity contribution in [3.8, 4) is 17.1 Å². The van der Waals surface area contributed by atoms with Crippen LogP contribution < -0.4 is 9.80 Å².